The summed E-state index contributed by atoms with van der Waals surface area (Å²) in [5.41, 5.74) is 2.10. The molecule has 0 bridgehead atoms. The first-order chi connectivity index (χ1) is 14.0. The van der Waals surface area contributed by atoms with Crippen molar-refractivity contribution in [1.29, 1.82) is 0 Å². The summed E-state index contributed by atoms with van der Waals surface area (Å²) < 4.78 is 5.27. The molecule has 2 aromatic rings. The van der Waals surface area contributed by atoms with Crippen LogP contribution in [0.1, 0.15) is 6.42 Å². The van der Waals surface area contributed by atoms with Crippen LogP contribution in [0.3, 0.4) is 0 Å². The largest absolute Gasteiger partial charge is 0.495 e. The number of halogens is 2. The van der Waals surface area contributed by atoms with Crippen molar-refractivity contribution < 1.29 is 14.3 Å². The second-order valence-electron chi connectivity index (χ2n) is 6.51. The Labute approximate surface area is 179 Å². The number of amides is 2. The maximum Gasteiger partial charge on any atom is 0.239 e. The van der Waals surface area contributed by atoms with Crippen molar-refractivity contribution in [3.63, 3.8) is 0 Å². The highest BCUT2D eigenvalue weighted by molar-refractivity contribution is 6.33. The minimum Gasteiger partial charge on any atom is -0.495 e. The molecule has 7 nitrogen and oxygen atoms in total. The van der Waals surface area contributed by atoms with Gasteiger partial charge in [0.15, 0.2) is 0 Å². The number of benzene rings is 2. The van der Waals surface area contributed by atoms with Crippen LogP contribution in [0.4, 0.5) is 17.1 Å². The van der Waals surface area contributed by atoms with Gasteiger partial charge in [0.05, 0.1) is 30.1 Å². The van der Waals surface area contributed by atoms with E-state index in [1.54, 1.807) is 37.4 Å². The van der Waals surface area contributed by atoms with E-state index >= 15 is 0 Å². The third-order valence-corrected chi connectivity index (χ3v) is 4.98. The highest BCUT2D eigenvalue weighted by Gasteiger charge is 2.19. The van der Waals surface area contributed by atoms with Gasteiger partial charge in [-0.25, -0.2) is 0 Å². The number of anilines is 3. The lowest BCUT2D eigenvalue weighted by Crippen LogP contribution is -2.47. The van der Waals surface area contributed by atoms with Gasteiger partial charge in [-0.2, -0.15) is 0 Å². The zero-order valence-corrected chi connectivity index (χ0v) is 17.4. The van der Waals surface area contributed by atoms with Crippen LogP contribution in [-0.4, -0.2) is 45.1 Å². The molecule has 0 atom stereocenters. The Hall–Kier alpha value is -2.64. The van der Waals surface area contributed by atoms with Gasteiger partial charge in [-0.1, -0.05) is 23.2 Å². The topological polar surface area (TPSA) is 82.7 Å². The van der Waals surface area contributed by atoms with Crippen LogP contribution in [0.25, 0.3) is 0 Å². The summed E-state index contributed by atoms with van der Waals surface area (Å²) in [5, 5.41) is 9.82. The summed E-state index contributed by atoms with van der Waals surface area (Å²) in [7, 11) is 1.57. The first-order valence-corrected chi connectivity index (χ1v) is 9.90. The van der Waals surface area contributed by atoms with E-state index in [0.29, 0.717) is 41.1 Å². The molecule has 9 heteroatoms. The molecule has 0 spiro atoms. The van der Waals surface area contributed by atoms with Gasteiger partial charge in [0.2, 0.25) is 11.8 Å². The number of hydrogen-bond donors (Lipinski definition) is 3. The zero-order valence-electron chi connectivity index (χ0n) is 15.9. The lowest BCUT2D eigenvalue weighted by Gasteiger charge is -2.29. The minimum atomic E-state index is -0.153. The van der Waals surface area contributed by atoms with E-state index in [9.17, 15) is 9.59 Å². The van der Waals surface area contributed by atoms with Gasteiger partial charge < -0.3 is 25.6 Å². The minimum absolute atomic E-state index is 0.0338. The third kappa shape index (κ3) is 5.68. The van der Waals surface area contributed by atoms with E-state index in [2.05, 4.69) is 16.0 Å². The Morgan fingerprint density at radius 1 is 1.24 bits per heavy atom. The zero-order chi connectivity index (χ0) is 20.8. The van der Waals surface area contributed by atoms with Gasteiger partial charge in [0.1, 0.15) is 5.75 Å². The predicted octanol–water partition coefficient (Wildman–Crippen LogP) is 3.38. The number of hydrogen-bond acceptors (Lipinski definition) is 5. The average molecular weight is 437 g/mol. The summed E-state index contributed by atoms with van der Waals surface area (Å²) in [4.78, 5) is 25.7. The van der Waals surface area contributed by atoms with Gasteiger partial charge in [0.25, 0.3) is 0 Å². The summed E-state index contributed by atoms with van der Waals surface area (Å²) in [5.74, 6) is 0.469. The van der Waals surface area contributed by atoms with Crippen molar-refractivity contribution in [2.24, 2.45) is 0 Å². The number of ether oxygens (including phenoxy) is 1. The maximum absolute atomic E-state index is 12.3. The molecule has 0 unspecified atom stereocenters. The molecule has 29 heavy (non-hydrogen) atoms. The van der Waals surface area contributed by atoms with E-state index in [0.717, 1.165) is 11.4 Å². The summed E-state index contributed by atoms with van der Waals surface area (Å²) in [6.07, 6.45) is 0.251. The van der Waals surface area contributed by atoms with Gasteiger partial charge >= 0.3 is 0 Å². The van der Waals surface area contributed by atoms with Gasteiger partial charge in [0, 0.05) is 36.8 Å². The molecule has 2 aromatic carbocycles. The smallest absolute Gasteiger partial charge is 0.239 e. The molecule has 1 saturated heterocycles. The normalized spacial score (nSPS) is 13.6. The average Bonchev–Trinajstić information content (AvgIpc) is 2.68. The first-order valence-electron chi connectivity index (χ1n) is 9.14. The maximum atomic E-state index is 12.3. The Kier molecular flexibility index (Phi) is 7.06. The monoisotopic (exact) mass is 436 g/mol. The van der Waals surface area contributed by atoms with E-state index < -0.39 is 0 Å². The quantitative estimate of drug-likeness (QED) is 0.619. The van der Waals surface area contributed by atoms with E-state index in [1.807, 2.05) is 11.0 Å². The lowest BCUT2D eigenvalue weighted by molar-refractivity contribution is -0.120. The molecule has 0 radical (unpaired) electrons. The number of nitrogens with one attached hydrogen (secondary N) is 3. The molecular weight excluding hydrogens is 415 g/mol. The van der Waals surface area contributed by atoms with Crippen molar-refractivity contribution in [3.8, 4) is 5.75 Å². The summed E-state index contributed by atoms with van der Waals surface area (Å²) >= 11 is 12.4. The van der Waals surface area contributed by atoms with Crippen LogP contribution in [0.15, 0.2) is 36.4 Å². The molecular formula is C20H22Cl2N4O3. The van der Waals surface area contributed by atoms with E-state index in [1.165, 1.54) is 0 Å². The van der Waals surface area contributed by atoms with Crippen LogP contribution >= 0.6 is 23.2 Å². The van der Waals surface area contributed by atoms with Gasteiger partial charge in [-0.15, -0.1) is 0 Å². The SMILES string of the molecule is COc1ccc(Cl)cc1NCCC(=O)Nc1ccc(N2CCNC(=O)C2)c(Cl)c1. The number of carbonyl (C=O) groups excluding carboxylic acids is 2. The lowest BCUT2D eigenvalue weighted by atomic mass is 10.2. The van der Waals surface area contributed by atoms with Crippen LogP contribution in [0.2, 0.25) is 10.0 Å². The van der Waals surface area contributed by atoms with Crippen molar-refractivity contribution in [1.82, 2.24) is 5.32 Å². The fourth-order valence-electron chi connectivity index (χ4n) is 3.04. The molecule has 3 N–H and O–H groups in total. The molecule has 154 valence electrons. The summed E-state index contributed by atoms with van der Waals surface area (Å²) in [6, 6.07) is 10.5. The molecule has 2 amide bonds. The number of nitrogens with zero attached hydrogens (tertiary/aromatic N) is 1. The molecule has 0 aromatic heterocycles. The standard InChI is InChI=1S/C20H22Cl2N4O3/c1-29-18-5-2-13(21)10-16(18)23-7-6-19(27)25-14-3-4-17(15(22)11-14)26-9-8-24-20(28)12-26/h2-5,10-11,23H,6-9,12H2,1H3,(H,24,28)(H,25,27). The molecule has 1 aliphatic heterocycles. The van der Waals surface area contributed by atoms with Gasteiger partial charge in [-0.05, 0) is 36.4 Å². The predicted molar refractivity (Wildman–Crippen MR) is 116 cm³/mol. The van der Waals surface area contributed by atoms with Crippen molar-refractivity contribution in [2.75, 3.05) is 48.8 Å². The number of piperazine rings is 1. The Bertz CT molecular complexity index is 907. The molecule has 1 fully saturated rings. The molecule has 0 saturated carbocycles. The van der Waals surface area contributed by atoms with E-state index in [4.69, 9.17) is 27.9 Å². The van der Waals surface area contributed by atoms with E-state index in [-0.39, 0.29) is 24.8 Å². The second-order valence-corrected chi connectivity index (χ2v) is 7.35. The summed E-state index contributed by atoms with van der Waals surface area (Å²) in [6.45, 7) is 1.95. The molecule has 1 heterocycles. The fraction of sp³-hybridized carbons (Fsp3) is 0.300. The van der Waals surface area contributed by atoms with Crippen LogP contribution < -0.4 is 25.6 Å². The van der Waals surface area contributed by atoms with Crippen LogP contribution in [0, 0.1) is 0 Å². The molecule has 0 aliphatic carbocycles. The first kappa shape index (κ1) is 21.1. The number of carbonyl (C=O) groups is 2. The second kappa shape index (κ2) is 9.71. The number of methoxy groups -OCH3 is 1. The highest BCUT2D eigenvalue weighted by Crippen LogP contribution is 2.30. The third-order valence-electron chi connectivity index (χ3n) is 4.44. The Balaban J connectivity index is 1.54. The molecule has 1 aliphatic rings. The van der Waals surface area contributed by atoms with Crippen molar-refractivity contribution in [2.45, 2.75) is 6.42 Å². The Morgan fingerprint density at radius 2 is 2.07 bits per heavy atom. The van der Waals surface area contributed by atoms with Crippen molar-refractivity contribution >= 4 is 52.1 Å². The highest BCUT2D eigenvalue weighted by atomic mass is 35.5. The number of rotatable bonds is 7. The Morgan fingerprint density at radius 3 is 2.79 bits per heavy atom. The van der Waals surface area contributed by atoms with Crippen molar-refractivity contribution in [3.05, 3.63) is 46.4 Å². The fourth-order valence-corrected chi connectivity index (χ4v) is 3.51. The van der Waals surface area contributed by atoms with Crippen LogP contribution in [0.5, 0.6) is 5.75 Å². The molecule has 3 rings (SSSR count). The van der Waals surface area contributed by atoms with Crippen LogP contribution in [-0.2, 0) is 9.59 Å². The van der Waals surface area contributed by atoms with Gasteiger partial charge in [-0.3, -0.25) is 9.59 Å².